The van der Waals surface area contributed by atoms with Crippen LogP contribution >= 0.6 is 11.3 Å². The average Bonchev–Trinajstić information content (AvgIpc) is 3.19. The molecule has 0 bridgehead atoms. The van der Waals surface area contributed by atoms with Crippen molar-refractivity contribution in [2.45, 2.75) is 38.0 Å². The molecule has 1 aromatic heterocycles. The van der Waals surface area contributed by atoms with Gasteiger partial charge in [-0.15, -0.1) is 11.3 Å². The van der Waals surface area contributed by atoms with E-state index in [0.29, 0.717) is 11.3 Å². The number of rotatable bonds is 5. The number of aliphatic hydroxyl groups is 1. The Kier molecular flexibility index (Phi) is 6.08. The Morgan fingerprint density at radius 3 is 2.69 bits per heavy atom. The summed E-state index contributed by atoms with van der Waals surface area (Å²) in [5.74, 6) is 4.58. The second-order valence-corrected chi connectivity index (χ2v) is 7.78. The fourth-order valence-electron chi connectivity index (χ4n) is 3.45. The van der Waals surface area contributed by atoms with Crippen LogP contribution in [0.25, 0.3) is 0 Å². The van der Waals surface area contributed by atoms with Gasteiger partial charge in [-0.25, -0.2) is 9.18 Å². The van der Waals surface area contributed by atoms with E-state index in [1.54, 1.807) is 6.07 Å². The molecule has 3 nitrogen and oxygen atoms in total. The lowest BCUT2D eigenvalue weighted by Crippen LogP contribution is -2.19. The molecule has 4 atom stereocenters. The quantitative estimate of drug-likeness (QED) is 0.775. The molecule has 1 aliphatic carbocycles. The van der Waals surface area contributed by atoms with Gasteiger partial charge >= 0.3 is 5.97 Å². The molecule has 2 aromatic rings. The summed E-state index contributed by atoms with van der Waals surface area (Å²) in [7, 11) is 0. The Balaban J connectivity index is 1.61. The number of carboxylic acids is 1. The van der Waals surface area contributed by atoms with Crippen LogP contribution in [0, 0.1) is 23.7 Å². The van der Waals surface area contributed by atoms with Gasteiger partial charge in [-0.3, -0.25) is 0 Å². The van der Waals surface area contributed by atoms with Gasteiger partial charge < -0.3 is 10.2 Å². The molecule has 2 N–H and O–H groups in total. The maximum atomic E-state index is 14.3. The van der Waals surface area contributed by atoms with Crippen LogP contribution in [0.2, 0.25) is 0 Å². The zero-order valence-electron chi connectivity index (χ0n) is 14.3. The third-order valence-corrected chi connectivity index (χ3v) is 5.93. The smallest absolute Gasteiger partial charge is 0.345 e. The summed E-state index contributed by atoms with van der Waals surface area (Å²) in [6.07, 6.45) is 0.467. The highest BCUT2D eigenvalue weighted by molar-refractivity contribution is 7.13. The van der Waals surface area contributed by atoms with E-state index < -0.39 is 18.2 Å². The largest absolute Gasteiger partial charge is 0.477 e. The van der Waals surface area contributed by atoms with Gasteiger partial charge in [-0.05, 0) is 43.5 Å². The van der Waals surface area contributed by atoms with E-state index in [2.05, 4.69) is 11.8 Å². The summed E-state index contributed by atoms with van der Waals surface area (Å²) in [6, 6.07) is 12.9. The van der Waals surface area contributed by atoms with Crippen molar-refractivity contribution >= 4 is 17.3 Å². The molecule has 1 saturated carbocycles. The van der Waals surface area contributed by atoms with E-state index in [-0.39, 0.29) is 18.3 Å². The van der Waals surface area contributed by atoms with E-state index in [1.165, 1.54) is 11.3 Å². The minimum atomic E-state index is -1.04. The molecule has 0 aliphatic heterocycles. The maximum Gasteiger partial charge on any atom is 0.345 e. The number of carbonyl (C=O) groups is 1. The van der Waals surface area contributed by atoms with Crippen LogP contribution in [0.4, 0.5) is 4.39 Å². The number of thiophene rings is 1. The summed E-state index contributed by atoms with van der Waals surface area (Å²) in [6.45, 7) is 0. The van der Waals surface area contributed by atoms with E-state index in [1.807, 2.05) is 36.4 Å². The average molecular weight is 372 g/mol. The normalized spacial score (nSPS) is 24.8. The van der Waals surface area contributed by atoms with Crippen LogP contribution in [0.5, 0.6) is 0 Å². The van der Waals surface area contributed by atoms with Crippen LogP contribution in [-0.2, 0) is 6.42 Å². The van der Waals surface area contributed by atoms with Crippen molar-refractivity contribution in [3.8, 4) is 11.8 Å². The fourth-order valence-corrected chi connectivity index (χ4v) is 4.34. The monoisotopic (exact) mass is 372 g/mol. The van der Waals surface area contributed by atoms with Gasteiger partial charge in [0.15, 0.2) is 0 Å². The summed E-state index contributed by atoms with van der Waals surface area (Å²) >= 11 is 1.26. The number of aliphatic hydroxyl groups excluding tert-OH is 1. The Morgan fingerprint density at radius 2 is 2.00 bits per heavy atom. The number of aryl methyl sites for hydroxylation is 1. The second kappa shape index (κ2) is 8.48. The van der Waals surface area contributed by atoms with Crippen molar-refractivity contribution < 1.29 is 19.4 Å². The first-order valence-electron chi connectivity index (χ1n) is 8.75. The number of halogens is 1. The third kappa shape index (κ3) is 4.51. The summed E-state index contributed by atoms with van der Waals surface area (Å²) in [4.78, 5) is 12.2. The number of hydrogen-bond acceptors (Lipinski definition) is 3. The molecular weight excluding hydrogens is 351 g/mol. The number of hydrogen-bond donors (Lipinski definition) is 2. The highest BCUT2D eigenvalue weighted by Crippen LogP contribution is 2.38. The first kappa shape index (κ1) is 18.6. The molecule has 0 saturated heterocycles. The van der Waals surface area contributed by atoms with Crippen molar-refractivity contribution in [3.63, 3.8) is 0 Å². The SMILES string of the molecule is O=C(O)c1ccc(CCCC2[C@@H](C#Cc3ccccc3)C(O)C[C@H]2F)s1. The molecule has 1 fully saturated rings. The first-order valence-corrected chi connectivity index (χ1v) is 9.57. The van der Waals surface area contributed by atoms with Crippen molar-refractivity contribution in [3.05, 3.63) is 57.8 Å². The van der Waals surface area contributed by atoms with Crippen LogP contribution in [-0.4, -0.2) is 28.5 Å². The maximum absolute atomic E-state index is 14.3. The molecule has 0 spiro atoms. The van der Waals surface area contributed by atoms with Crippen molar-refractivity contribution in [2.75, 3.05) is 0 Å². The topological polar surface area (TPSA) is 57.5 Å². The molecule has 0 amide bonds. The fraction of sp³-hybridized carbons (Fsp3) is 0.381. The summed E-state index contributed by atoms with van der Waals surface area (Å²) in [5, 5.41) is 19.1. The molecular formula is C21H21FO3S. The molecule has 3 rings (SSSR count). The van der Waals surface area contributed by atoms with E-state index in [0.717, 1.165) is 23.3 Å². The second-order valence-electron chi connectivity index (χ2n) is 6.61. The first-order chi connectivity index (χ1) is 12.5. The highest BCUT2D eigenvalue weighted by atomic mass is 32.1. The minimum Gasteiger partial charge on any atom is -0.477 e. The zero-order valence-corrected chi connectivity index (χ0v) is 15.1. The van der Waals surface area contributed by atoms with E-state index >= 15 is 0 Å². The third-order valence-electron chi connectivity index (χ3n) is 4.80. The standard InChI is InChI=1S/C21H21FO3S/c22-18-13-19(23)17(11-9-14-5-2-1-3-6-14)16(18)8-4-7-15-10-12-20(26-15)21(24)25/h1-3,5-6,10,12,16-19,23H,4,7-8,13H2,(H,24,25)/t16?,17-,18-,19?/m1/s1. The molecule has 26 heavy (non-hydrogen) atoms. The lowest BCUT2D eigenvalue weighted by atomic mass is 9.89. The number of carboxylic acid groups (broad SMARTS) is 1. The predicted molar refractivity (Wildman–Crippen MR) is 100 cm³/mol. The molecule has 0 radical (unpaired) electrons. The van der Waals surface area contributed by atoms with Gasteiger partial charge in [-0.2, -0.15) is 0 Å². The lowest BCUT2D eigenvalue weighted by Gasteiger charge is -2.17. The highest BCUT2D eigenvalue weighted by Gasteiger charge is 2.41. The van der Waals surface area contributed by atoms with Gasteiger partial charge in [0.25, 0.3) is 0 Å². The van der Waals surface area contributed by atoms with Gasteiger partial charge in [0.2, 0.25) is 0 Å². The minimum absolute atomic E-state index is 0.140. The number of alkyl halides is 1. The number of benzene rings is 1. The van der Waals surface area contributed by atoms with Gasteiger partial charge in [0, 0.05) is 22.8 Å². The molecule has 2 unspecified atom stereocenters. The van der Waals surface area contributed by atoms with Crippen LogP contribution in [0.3, 0.4) is 0 Å². The van der Waals surface area contributed by atoms with Gasteiger partial charge in [-0.1, -0.05) is 30.0 Å². The summed E-state index contributed by atoms with van der Waals surface area (Å²) < 4.78 is 14.3. The van der Waals surface area contributed by atoms with Crippen molar-refractivity contribution in [1.29, 1.82) is 0 Å². The summed E-state index contributed by atoms with van der Waals surface area (Å²) in [5.41, 5.74) is 0.862. The van der Waals surface area contributed by atoms with E-state index in [4.69, 9.17) is 5.11 Å². The molecule has 1 heterocycles. The van der Waals surface area contributed by atoms with Crippen molar-refractivity contribution in [1.82, 2.24) is 0 Å². The Bertz CT molecular complexity index is 805. The van der Waals surface area contributed by atoms with Crippen LogP contribution < -0.4 is 0 Å². The Labute approximate surface area is 156 Å². The van der Waals surface area contributed by atoms with Crippen molar-refractivity contribution in [2.24, 2.45) is 11.8 Å². The Hall–Kier alpha value is -2.16. The molecule has 136 valence electrons. The molecule has 1 aromatic carbocycles. The zero-order chi connectivity index (χ0) is 18.5. The van der Waals surface area contributed by atoms with Crippen LogP contribution in [0.1, 0.15) is 39.4 Å². The van der Waals surface area contributed by atoms with E-state index in [9.17, 15) is 14.3 Å². The molecule has 5 heteroatoms. The van der Waals surface area contributed by atoms with Gasteiger partial charge in [0.1, 0.15) is 11.0 Å². The Morgan fingerprint density at radius 1 is 1.23 bits per heavy atom. The molecule has 1 aliphatic rings. The predicted octanol–water partition coefficient (Wildman–Crippen LogP) is 4.16. The number of aromatic carboxylic acids is 1. The van der Waals surface area contributed by atoms with Crippen LogP contribution in [0.15, 0.2) is 42.5 Å². The lowest BCUT2D eigenvalue weighted by molar-refractivity contribution is 0.0702. The van der Waals surface area contributed by atoms with Gasteiger partial charge in [0.05, 0.1) is 12.0 Å².